The number of para-hydroxylation sites is 2. The Kier molecular flexibility index (Phi) is 5.47. The smallest absolute Gasteiger partial charge is 0.266 e. The van der Waals surface area contributed by atoms with Crippen LogP contribution < -0.4 is 10.3 Å². The van der Waals surface area contributed by atoms with Gasteiger partial charge in [-0.15, -0.1) is 0 Å². The van der Waals surface area contributed by atoms with Gasteiger partial charge in [0.15, 0.2) is 5.16 Å². The maximum absolute atomic E-state index is 13.4. The Bertz CT molecular complexity index is 1430. The van der Waals surface area contributed by atoms with Gasteiger partial charge in [-0.3, -0.25) is 9.36 Å². The number of hydrogen-bond donors (Lipinski definition) is 0. The van der Waals surface area contributed by atoms with Crippen molar-refractivity contribution in [2.24, 2.45) is 0 Å². The summed E-state index contributed by atoms with van der Waals surface area (Å²) in [5.74, 6) is 2.69. The summed E-state index contributed by atoms with van der Waals surface area (Å²) in [4.78, 5) is 18.1. The van der Waals surface area contributed by atoms with Gasteiger partial charge in [-0.05, 0) is 55.5 Å². The van der Waals surface area contributed by atoms with Gasteiger partial charge in [0, 0.05) is 6.07 Å². The molecule has 6 nitrogen and oxygen atoms in total. The Morgan fingerprint density at radius 2 is 1.66 bits per heavy atom. The average Bonchev–Trinajstić information content (AvgIpc) is 3.24. The highest BCUT2D eigenvalue weighted by Gasteiger charge is 2.14. The van der Waals surface area contributed by atoms with E-state index in [1.54, 1.807) is 10.6 Å². The molecule has 0 aliphatic heterocycles. The molecule has 0 bridgehead atoms. The number of ether oxygens (including phenoxy) is 1. The van der Waals surface area contributed by atoms with Crippen molar-refractivity contribution in [3.63, 3.8) is 0 Å². The standard InChI is InChI=1S/C25H19N3O3S/c1-17-15-21(31-27-17)16-32-25-26-23-10-6-5-9-22(23)24(29)28(25)18-11-13-20(14-12-18)30-19-7-3-2-4-8-19/h2-15H,16H2,1H3. The number of thioether (sulfide) groups is 1. The van der Waals surface area contributed by atoms with Gasteiger partial charge >= 0.3 is 0 Å². The predicted octanol–water partition coefficient (Wildman–Crippen LogP) is 5.77. The Morgan fingerprint density at radius 1 is 0.938 bits per heavy atom. The molecule has 0 unspecified atom stereocenters. The fourth-order valence-electron chi connectivity index (χ4n) is 3.34. The third-order valence-electron chi connectivity index (χ3n) is 4.84. The summed E-state index contributed by atoms with van der Waals surface area (Å²) in [5, 5.41) is 5.08. The lowest BCUT2D eigenvalue weighted by atomic mass is 10.2. The van der Waals surface area contributed by atoms with Crippen molar-refractivity contribution in [2.75, 3.05) is 0 Å². The molecule has 3 aromatic carbocycles. The SMILES string of the molecule is Cc1cc(CSc2nc3ccccc3c(=O)n2-c2ccc(Oc3ccccc3)cc2)on1. The maximum atomic E-state index is 13.4. The third kappa shape index (κ3) is 4.15. The van der Waals surface area contributed by atoms with Crippen LogP contribution in [0.5, 0.6) is 11.5 Å². The third-order valence-corrected chi connectivity index (χ3v) is 5.80. The quantitative estimate of drug-likeness (QED) is 0.246. The van der Waals surface area contributed by atoms with Crippen LogP contribution >= 0.6 is 11.8 Å². The van der Waals surface area contributed by atoms with Gasteiger partial charge in [-0.25, -0.2) is 4.98 Å². The fourth-order valence-corrected chi connectivity index (χ4v) is 4.23. The molecule has 0 N–H and O–H groups in total. The van der Waals surface area contributed by atoms with Crippen LogP contribution in [0.1, 0.15) is 11.5 Å². The molecule has 2 aromatic heterocycles. The van der Waals surface area contributed by atoms with Crippen molar-refractivity contribution in [1.82, 2.24) is 14.7 Å². The largest absolute Gasteiger partial charge is 0.457 e. The number of benzene rings is 3. The van der Waals surface area contributed by atoms with Gasteiger partial charge in [-0.1, -0.05) is 47.3 Å². The Hall–Kier alpha value is -3.84. The zero-order valence-corrected chi connectivity index (χ0v) is 18.1. The number of fused-ring (bicyclic) bond motifs is 1. The molecule has 0 amide bonds. The minimum atomic E-state index is -0.122. The van der Waals surface area contributed by atoms with Crippen molar-refractivity contribution in [3.05, 3.63) is 107 Å². The first-order chi connectivity index (χ1) is 15.7. The summed E-state index contributed by atoms with van der Waals surface area (Å²) < 4.78 is 12.8. The molecule has 7 heteroatoms. The number of hydrogen-bond acceptors (Lipinski definition) is 6. The van der Waals surface area contributed by atoms with Crippen LogP contribution in [0, 0.1) is 6.92 Å². The lowest BCUT2D eigenvalue weighted by molar-refractivity contribution is 0.391. The van der Waals surface area contributed by atoms with E-state index in [9.17, 15) is 4.79 Å². The summed E-state index contributed by atoms with van der Waals surface area (Å²) in [7, 11) is 0. The predicted molar refractivity (Wildman–Crippen MR) is 125 cm³/mol. The number of nitrogens with zero attached hydrogens (tertiary/aromatic N) is 3. The fraction of sp³-hybridized carbons (Fsp3) is 0.0800. The topological polar surface area (TPSA) is 70.2 Å². The van der Waals surface area contributed by atoms with Crippen molar-refractivity contribution < 1.29 is 9.26 Å². The van der Waals surface area contributed by atoms with Crippen molar-refractivity contribution in [1.29, 1.82) is 0 Å². The van der Waals surface area contributed by atoms with E-state index >= 15 is 0 Å². The molecule has 0 fully saturated rings. The molecule has 0 aliphatic rings. The summed E-state index contributed by atoms with van der Waals surface area (Å²) in [6.07, 6.45) is 0. The van der Waals surface area contributed by atoms with Gasteiger partial charge in [0.1, 0.15) is 17.3 Å². The zero-order chi connectivity index (χ0) is 21.9. The lowest BCUT2D eigenvalue weighted by Gasteiger charge is -2.13. The van der Waals surface area contributed by atoms with Crippen LogP contribution in [-0.4, -0.2) is 14.7 Å². The molecular weight excluding hydrogens is 422 g/mol. The minimum Gasteiger partial charge on any atom is -0.457 e. The van der Waals surface area contributed by atoms with Crippen LogP contribution in [0.15, 0.2) is 99.4 Å². The molecule has 5 aromatic rings. The first-order valence-electron chi connectivity index (χ1n) is 10.1. The first-order valence-corrected chi connectivity index (χ1v) is 11.1. The van der Waals surface area contributed by atoms with Crippen molar-refractivity contribution in [2.45, 2.75) is 17.8 Å². The van der Waals surface area contributed by atoms with E-state index in [0.29, 0.717) is 33.2 Å². The highest BCUT2D eigenvalue weighted by molar-refractivity contribution is 7.98. The van der Waals surface area contributed by atoms with Gasteiger partial charge in [0.2, 0.25) is 0 Å². The Morgan fingerprint density at radius 3 is 2.41 bits per heavy atom. The van der Waals surface area contributed by atoms with Gasteiger partial charge in [0.25, 0.3) is 5.56 Å². The van der Waals surface area contributed by atoms with E-state index in [0.717, 1.165) is 17.2 Å². The Balaban J connectivity index is 1.52. The number of aromatic nitrogens is 3. The number of aryl methyl sites for hydroxylation is 1. The second-order valence-electron chi connectivity index (χ2n) is 7.18. The van der Waals surface area contributed by atoms with Crippen LogP contribution in [-0.2, 0) is 5.75 Å². The van der Waals surface area contributed by atoms with E-state index < -0.39 is 0 Å². The van der Waals surface area contributed by atoms with E-state index in [1.807, 2.05) is 85.8 Å². The lowest BCUT2D eigenvalue weighted by Crippen LogP contribution is -2.21. The first kappa shape index (κ1) is 20.1. The highest BCUT2D eigenvalue weighted by Crippen LogP contribution is 2.27. The highest BCUT2D eigenvalue weighted by atomic mass is 32.2. The van der Waals surface area contributed by atoms with E-state index in [-0.39, 0.29) is 5.56 Å². The normalized spacial score (nSPS) is 11.0. The van der Waals surface area contributed by atoms with Gasteiger partial charge < -0.3 is 9.26 Å². The molecule has 5 rings (SSSR count). The van der Waals surface area contributed by atoms with Gasteiger partial charge in [-0.2, -0.15) is 0 Å². The molecule has 0 aliphatic carbocycles. The van der Waals surface area contributed by atoms with Crippen LogP contribution in [0.4, 0.5) is 0 Å². The van der Waals surface area contributed by atoms with Crippen LogP contribution in [0.25, 0.3) is 16.6 Å². The summed E-state index contributed by atoms with van der Waals surface area (Å²) in [5.41, 5.74) is 2.07. The zero-order valence-electron chi connectivity index (χ0n) is 17.3. The van der Waals surface area contributed by atoms with Crippen molar-refractivity contribution in [3.8, 4) is 17.2 Å². The van der Waals surface area contributed by atoms with Crippen molar-refractivity contribution >= 4 is 22.7 Å². The second-order valence-corrected chi connectivity index (χ2v) is 8.13. The Labute approximate surface area is 188 Å². The van der Waals surface area contributed by atoms with E-state index in [2.05, 4.69) is 5.16 Å². The molecule has 0 saturated carbocycles. The molecular formula is C25H19N3O3S. The second kappa shape index (κ2) is 8.72. The molecule has 0 spiro atoms. The summed E-state index contributed by atoms with van der Waals surface area (Å²) >= 11 is 1.43. The van der Waals surface area contributed by atoms with Crippen LogP contribution in [0.3, 0.4) is 0 Å². The molecule has 158 valence electrons. The molecule has 0 atom stereocenters. The van der Waals surface area contributed by atoms with Crippen LogP contribution in [0.2, 0.25) is 0 Å². The summed E-state index contributed by atoms with van der Waals surface area (Å²) in [6, 6.07) is 26.2. The molecule has 2 heterocycles. The number of rotatable bonds is 6. The average molecular weight is 442 g/mol. The van der Waals surface area contributed by atoms with E-state index in [1.165, 1.54) is 11.8 Å². The molecule has 0 saturated heterocycles. The van der Waals surface area contributed by atoms with Gasteiger partial charge in [0.05, 0.1) is 28.0 Å². The summed E-state index contributed by atoms with van der Waals surface area (Å²) in [6.45, 7) is 1.88. The maximum Gasteiger partial charge on any atom is 0.266 e. The van der Waals surface area contributed by atoms with E-state index in [4.69, 9.17) is 14.2 Å². The monoisotopic (exact) mass is 441 g/mol. The molecule has 0 radical (unpaired) electrons. The molecule has 32 heavy (non-hydrogen) atoms. The minimum absolute atomic E-state index is 0.122.